The lowest BCUT2D eigenvalue weighted by Crippen LogP contribution is -2.40. The van der Waals surface area contributed by atoms with E-state index in [2.05, 4.69) is 20.7 Å². The smallest absolute Gasteiger partial charge is 0.191 e. The van der Waals surface area contributed by atoms with Crippen LogP contribution in [0.4, 0.5) is 0 Å². The van der Waals surface area contributed by atoms with Crippen LogP contribution in [0.25, 0.3) is 0 Å². The van der Waals surface area contributed by atoms with Crippen LogP contribution in [-0.4, -0.2) is 29.3 Å². The van der Waals surface area contributed by atoms with Crippen molar-refractivity contribution in [2.45, 2.75) is 33.4 Å². The number of guanidine groups is 1. The van der Waals surface area contributed by atoms with E-state index in [1.165, 1.54) is 5.56 Å². The summed E-state index contributed by atoms with van der Waals surface area (Å²) in [6, 6.07) is 4.01. The van der Waals surface area contributed by atoms with Crippen molar-refractivity contribution in [1.82, 2.24) is 20.4 Å². The Balaban J connectivity index is 1.80. The lowest BCUT2D eigenvalue weighted by molar-refractivity contribution is 0.441. The fourth-order valence-electron chi connectivity index (χ4n) is 2.04. The molecule has 2 aromatic rings. The van der Waals surface area contributed by atoms with E-state index in [1.54, 1.807) is 7.05 Å². The normalized spacial score (nSPS) is 13.2. The lowest BCUT2D eigenvalue weighted by Gasteiger charge is -2.16. The summed E-state index contributed by atoms with van der Waals surface area (Å²) in [4.78, 5) is 4.22. The molecule has 0 spiro atoms. The molecule has 21 heavy (non-hydrogen) atoms. The number of aromatic nitrogens is 2. The Hall–Kier alpha value is -2.24. The Bertz CT molecular complexity index is 599. The molecule has 0 aliphatic heterocycles. The van der Waals surface area contributed by atoms with Gasteiger partial charge in [-0.15, -0.1) is 0 Å². The minimum Gasteiger partial charge on any atom is -0.464 e. The Labute approximate surface area is 125 Å². The molecule has 6 heteroatoms. The number of furan rings is 1. The van der Waals surface area contributed by atoms with E-state index < -0.39 is 0 Å². The molecule has 2 rings (SSSR count). The van der Waals surface area contributed by atoms with Crippen molar-refractivity contribution in [2.24, 2.45) is 4.99 Å². The molecule has 0 saturated heterocycles. The van der Waals surface area contributed by atoms with Crippen LogP contribution in [0.5, 0.6) is 0 Å². The lowest BCUT2D eigenvalue weighted by atomic mass is 10.2. The summed E-state index contributed by atoms with van der Waals surface area (Å²) in [5.74, 6) is 2.56. The predicted octanol–water partition coefficient (Wildman–Crippen LogP) is 2.02. The molecule has 0 aliphatic carbocycles. The molecule has 2 aromatic heterocycles. The van der Waals surface area contributed by atoms with Crippen molar-refractivity contribution >= 4 is 5.96 Å². The Morgan fingerprint density at radius 1 is 1.43 bits per heavy atom. The van der Waals surface area contributed by atoms with Gasteiger partial charge in [0.15, 0.2) is 5.96 Å². The second-order valence-electron chi connectivity index (χ2n) is 5.09. The fourth-order valence-corrected chi connectivity index (χ4v) is 2.04. The molecule has 1 unspecified atom stereocenters. The molecule has 0 amide bonds. The van der Waals surface area contributed by atoms with Crippen LogP contribution >= 0.6 is 0 Å². The van der Waals surface area contributed by atoms with Crippen LogP contribution in [0.15, 0.2) is 33.9 Å². The first kappa shape index (κ1) is 15.2. The van der Waals surface area contributed by atoms with Gasteiger partial charge in [0.25, 0.3) is 0 Å². The zero-order valence-corrected chi connectivity index (χ0v) is 13.1. The van der Waals surface area contributed by atoms with Gasteiger partial charge in [-0.1, -0.05) is 0 Å². The molecular weight excluding hydrogens is 266 g/mol. The van der Waals surface area contributed by atoms with Gasteiger partial charge in [0.05, 0.1) is 18.8 Å². The van der Waals surface area contributed by atoms with Gasteiger partial charge < -0.3 is 15.1 Å². The highest BCUT2D eigenvalue weighted by Crippen LogP contribution is 2.15. The molecule has 2 N–H and O–H groups in total. The number of aliphatic imine (C=N–C) groups is 1. The second-order valence-corrected chi connectivity index (χ2v) is 5.09. The minimum atomic E-state index is 0.0665. The third-order valence-electron chi connectivity index (χ3n) is 3.16. The van der Waals surface area contributed by atoms with E-state index in [-0.39, 0.29) is 6.04 Å². The number of hydrogen-bond donors (Lipinski definition) is 2. The first-order chi connectivity index (χ1) is 10.1. The standard InChI is InChI=1S/C15H23N5O/c1-11-9-18-20(10-11)8-7-17-15(16-4)19-13(3)14-6-5-12(2)21-14/h5-6,9-10,13H,7-8H2,1-4H3,(H2,16,17,19). The second kappa shape index (κ2) is 6.97. The maximum atomic E-state index is 5.61. The topological polar surface area (TPSA) is 67.4 Å². The van der Waals surface area contributed by atoms with Gasteiger partial charge in [0.2, 0.25) is 0 Å². The molecule has 0 aromatic carbocycles. The molecule has 0 bridgehead atoms. The molecule has 2 heterocycles. The van der Waals surface area contributed by atoms with Crippen molar-refractivity contribution < 1.29 is 4.42 Å². The van der Waals surface area contributed by atoms with Gasteiger partial charge in [-0.3, -0.25) is 9.67 Å². The van der Waals surface area contributed by atoms with Crippen molar-refractivity contribution in [3.05, 3.63) is 41.6 Å². The van der Waals surface area contributed by atoms with Gasteiger partial charge in [0.1, 0.15) is 11.5 Å². The van der Waals surface area contributed by atoms with E-state index in [1.807, 2.05) is 50.0 Å². The van der Waals surface area contributed by atoms with Crippen LogP contribution in [0.3, 0.4) is 0 Å². The van der Waals surface area contributed by atoms with Gasteiger partial charge in [0, 0.05) is 19.8 Å². The summed E-state index contributed by atoms with van der Waals surface area (Å²) in [6.07, 6.45) is 3.88. The molecule has 6 nitrogen and oxygen atoms in total. The molecule has 0 saturated carbocycles. The summed E-state index contributed by atoms with van der Waals surface area (Å²) in [5, 5.41) is 10.8. The van der Waals surface area contributed by atoms with E-state index >= 15 is 0 Å². The van der Waals surface area contributed by atoms with Crippen LogP contribution in [-0.2, 0) is 6.54 Å². The van der Waals surface area contributed by atoms with E-state index in [0.717, 1.165) is 30.6 Å². The van der Waals surface area contributed by atoms with Crippen LogP contribution in [0.2, 0.25) is 0 Å². The monoisotopic (exact) mass is 289 g/mol. The number of nitrogens with one attached hydrogen (secondary N) is 2. The third-order valence-corrected chi connectivity index (χ3v) is 3.16. The van der Waals surface area contributed by atoms with E-state index in [9.17, 15) is 0 Å². The van der Waals surface area contributed by atoms with Crippen LogP contribution in [0, 0.1) is 13.8 Å². The largest absolute Gasteiger partial charge is 0.464 e. The van der Waals surface area contributed by atoms with Gasteiger partial charge in [-0.25, -0.2) is 0 Å². The maximum Gasteiger partial charge on any atom is 0.191 e. The Morgan fingerprint density at radius 3 is 2.81 bits per heavy atom. The van der Waals surface area contributed by atoms with Crippen molar-refractivity contribution in [2.75, 3.05) is 13.6 Å². The number of hydrogen-bond acceptors (Lipinski definition) is 3. The summed E-state index contributed by atoms with van der Waals surface area (Å²) >= 11 is 0. The zero-order valence-electron chi connectivity index (χ0n) is 13.1. The first-order valence-corrected chi connectivity index (χ1v) is 7.11. The van der Waals surface area contributed by atoms with Crippen molar-refractivity contribution in [3.8, 4) is 0 Å². The first-order valence-electron chi connectivity index (χ1n) is 7.11. The van der Waals surface area contributed by atoms with Gasteiger partial charge >= 0.3 is 0 Å². The predicted molar refractivity (Wildman–Crippen MR) is 83.3 cm³/mol. The molecule has 114 valence electrons. The SMILES string of the molecule is CN=C(NCCn1cc(C)cn1)NC(C)c1ccc(C)o1. The highest BCUT2D eigenvalue weighted by Gasteiger charge is 2.10. The highest BCUT2D eigenvalue weighted by atomic mass is 16.3. The summed E-state index contributed by atoms with van der Waals surface area (Å²) in [6.45, 7) is 7.56. The minimum absolute atomic E-state index is 0.0665. The summed E-state index contributed by atoms with van der Waals surface area (Å²) in [7, 11) is 1.76. The van der Waals surface area contributed by atoms with Crippen molar-refractivity contribution in [1.29, 1.82) is 0 Å². The molecule has 0 aliphatic rings. The fraction of sp³-hybridized carbons (Fsp3) is 0.467. The number of rotatable bonds is 5. The molecule has 0 fully saturated rings. The highest BCUT2D eigenvalue weighted by molar-refractivity contribution is 5.79. The maximum absolute atomic E-state index is 5.61. The van der Waals surface area contributed by atoms with E-state index in [0.29, 0.717) is 0 Å². The zero-order chi connectivity index (χ0) is 15.2. The van der Waals surface area contributed by atoms with E-state index in [4.69, 9.17) is 4.42 Å². The van der Waals surface area contributed by atoms with Gasteiger partial charge in [-0.05, 0) is 38.5 Å². The summed E-state index contributed by atoms with van der Waals surface area (Å²) in [5.41, 5.74) is 1.17. The number of aryl methyl sites for hydroxylation is 2. The number of nitrogens with zero attached hydrogens (tertiary/aromatic N) is 3. The van der Waals surface area contributed by atoms with Gasteiger partial charge in [-0.2, -0.15) is 5.10 Å². The quantitative estimate of drug-likeness (QED) is 0.653. The molecule has 1 atom stereocenters. The average Bonchev–Trinajstić information content (AvgIpc) is 3.06. The average molecular weight is 289 g/mol. The summed E-state index contributed by atoms with van der Waals surface area (Å²) < 4.78 is 7.52. The van der Waals surface area contributed by atoms with Crippen LogP contribution < -0.4 is 10.6 Å². The van der Waals surface area contributed by atoms with Crippen molar-refractivity contribution in [3.63, 3.8) is 0 Å². The van der Waals surface area contributed by atoms with Crippen LogP contribution in [0.1, 0.15) is 30.0 Å². The Morgan fingerprint density at radius 2 is 2.24 bits per heavy atom. The Kier molecular flexibility index (Phi) is 5.03. The molecular formula is C15H23N5O. The molecule has 0 radical (unpaired) electrons. The third kappa shape index (κ3) is 4.37.